The molecule has 124 valence electrons. The van der Waals surface area contributed by atoms with Crippen molar-refractivity contribution < 1.29 is 14.3 Å². The minimum absolute atomic E-state index is 0.0181. The van der Waals surface area contributed by atoms with E-state index in [1.807, 2.05) is 9.80 Å². The van der Waals surface area contributed by atoms with Crippen LogP contribution >= 0.6 is 0 Å². The van der Waals surface area contributed by atoms with Crippen LogP contribution < -0.4 is 0 Å². The standard InChI is InChI=1S/C16H27N3O3/c1-13-4-7-17(8-5-13)15(20)14-3-2-6-19(14)16(21)18-9-11-22-12-10-18/h13-14H,2-12H2,1H3/t14-/m0/s1. The number of carbonyl (C=O) groups is 2. The number of nitrogens with zero attached hydrogens (tertiary/aromatic N) is 3. The van der Waals surface area contributed by atoms with Gasteiger partial charge in [0.15, 0.2) is 0 Å². The zero-order chi connectivity index (χ0) is 15.5. The first kappa shape index (κ1) is 15.6. The first-order valence-corrected chi connectivity index (χ1v) is 8.59. The summed E-state index contributed by atoms with van der Waals surface area (Å²) in [6.07, 6.45) is 3.89. The highest BCUT2D eigenvalue weighted by molar-refractivity contribution is 5.87. The fourth-order valence-electron chi connectivity index (χ4n) is 3.63. The molecule has 0 unspecified atom stereocenters. The smallest absolute Gasteiger partial charge is 0.320 e. The number of rotatable bonds is 1. The highest BCUT2D eigenvalue weighted by Gasteiger charge is 2.39. The van der Waals surface area contributed by atoms with Crippen molar-refractivity contribution in [3.05, 3.63) is 0 Å². The van der Waals surface area contributed by atoms with Crippen molar-refractivity contribution in [3.8, 4) is 0 Å². The van der Waals surface area contributed by atoms with E-state index in [0.29, 0.717) is 38.8 Å². The van der Waals surface area contributed by atoms with E-state index in [-0.39, 0.29) is 18.0 Å². The average molecular weight is 309 g/mol. The fourth-order valence-corrected chi connectivity index (χ4v) is 3.63. The van der Waals surface area contributed by atoms with Gasteiger partial charge in [0.05, 0.1) is 13.2 Å². The summed E-state index contributed by atoms with van der Waals surface area (Å²) in [5.74, 6) is 0.865. The number of morpholine rings is 1. The van der Waals surface area contributed by atoms with Gasteiger partial charge in [-0.05, 0) is 31.6 Å². The lowest BCUT2D eigenvalue weighted by atomic mass is 9.98. The van der Waals surface area contributed by atoms with Crippen molar-refractivity contribution in [2.75, 3.05) is 45.9 Å². The van der Waals surface area contributed by atoms with E-state index in [2.05, 4.69) is 6.92 Å². The predicted molar refractivity (Wildman–Crippen MR) is 82.5 cm³/mol. The lowest BCUT2D eigenvalue weighted by Gasteiger charge is -2.37. The van der Waals surface area contributed by atoms with Gasteiger partial charge in [-0.3, -0.25) is 4.79 Å². The number of hydrogen-bond donors (Lipinski definition) is 0. The van der Waals surface area contributed by atoms with Crippen LogP contribution in [0.15, 0.2) is 0 Å². The lowest BCUT2D eigenvalue weighted by Crippen LogP contribution is -2.54. The average Bonchev–Trinajstić information content (AvgIpc) is 3.04. The largest absolute Gasteiger partial charge is 0.378 e. The predicted octanol–water partition coefficient (Wildman–Crippen LogP) is 1.16. The van der Waals surface area contributed by atoms with Crippen LogP contribution in [0.5, 0.6) is 0 Å². The summed E-state index contributed by atoms with van der Waals surface area (Å²) in [6, 6.07) is -0.228. The molecule has 3 saturated heterocycles. The monoisotopic (exact) mass is 309 g/mol. The van der Waals surface area contributed by atoms with Crippen molar-refractivity contribution in [3.63, 3.8) is 0 Å². The molecule has 6 nitrogen and oxygen atoms in total. The zero-order valence-corrected chi connectivity index (χ0v) is 13.5. The Kier molecular flexibility index (Phi) is 4.86. The Labute approximate surface area is 132 Å². The molecular formula is C16H27N3O3. The second kappa shape index (κ2) is 6.86. The third-order valence-corrected chi connectivity index (χ3v) is 5.16. The maximum absolute atomic E-state index is 12.8. The Bertz CT molecular complexity index is 415. The van der Waals surface area contributed by atoms with Gasteiger partial charge in [-0.25, -0.2) is 4.79 Å². The normalized spacial score (nSPS) is 27.3. The molecule has 0 spiro atoms. The van der Waals surface area contributed by atoms with Crippen LogP contribution in [0, 0.1) is 5.92 Å². The first-order valence-electron chi connectivity index (χ1n) is 8.59. The molecule has 1 atom stereocenters. The van der Waals surface area contributed by atoms with Gasteiger partial charge in [-0.15, -0.1) is 0 Å². The molecule has 3 amide bonds. The second-order valence-electron chi connectivity index (χ2n) is 6.74. The molecule has 3 rings (SSSR count). The third kappa shape index (κ3) is 3.21. The quantitative estimate of drug-likeness (QED) is 0.730. The summed E-state index contributed by atoms with van der Waals surface area (Å²) in [5, 5.41) is 0. The van der Waals surface area contributed by atoms with Crippen LogP contribution in [-0.2, 0) is 9.53 Å². The lowest BCUT2D eigenvalue weighted by molar-refractivity contribution is -0.136. The van der Waals surface area contributed by atoms with Crippen molar-refractivity contribution in [1.82, 2.24) is 14.7 Å². The molecule has 0 aromatic carbocycles. The van der Waals surface area contributed by atoms with E-state index in [9.17, 15) is 9.59 Å². The van der Waals surface area contributed by atoms with Crippen molar-refractivity contribution in [2.45, 2.75) is 38.6 Å². The number of amides is 3. The van der Waals surface area contributed by atoms with Gasteiger partial charge in [-0.2, -0.15) is 0 Å². The molecule has 0 aromatic rings. The Morgan fingerprint density at radius 3 is 2.27 bits per heavy atom. The van der Waals surface area contributed by atoms with Crippen LogP contribution in [0.25, 0.3) is 0 Å². The minimum atomic E-state index is -0.247. The molecule has 0 radical (unpaired) electrons. The van der Waals surface area contributed by atoms with E-state index in [4.69, 9.17) is 4.74 Å². The topological polar surface area (TPSA) is 53.1 Å². The molecule has 3 aliphatic rings. The van der Waals surface area contributed by atoms with Crippen molar-refractivity contribution in [2.24, 2.45) is 5.92 Å². The second-order valence-corrected chi connectivity index (χ2v) is 6.74. The summed E-state index contributed by atoms with van der Waals surface area (Å²) in [5.41, 5.74) is 0. The Balaban J connectivity index is 1.62. The van der Waals surface area contributed by atoms with Gasteiger partial charge >= 0.3 is 6.03 Å². The van der Waals surface area contributed by atoms with Crippen molar-refractivity contribution in [1.29, 1.82) is 0 Å². The molecule has 3 fully saturated rings. The third-order valence-electron chi connectivity index (χ3n) is 5.16. The molecule has 0 aliphatic carbocycles. The molecule has 3 heterocycles. The van der Waals surface area contributed by atoms with E-state index in [1.165, 1.54) is 0 Å². The zero-order valence-electron chi connectivity index (χ0n) is 13.5. The van der Waals surface area contributed by atoms with Gasteiger partial charge in [0.1, 0.15) is 6.04 Å². The van der Waals surface area contributed by atoms with Gasteiger partial charge in [0, 0.05) is 32.7 Å². The molecular weight excluding hydrogens is 282 g/mol. The number of ether oxygens (including phenoxy) is 1. The summed E-state index contributed by atoms with van der Waals surface area (Å²) < 4.78 is 5.30. The number of carbonyl (C=O) groups excluding carboxylic acids is 2. The van der Waals surface area contributed by atoms with Gasteiger partial charge in [0.25, 0.3) is 0 Å². The highest BCUT2D eigenvalue weighted by atomic mass is 16.5. The minimum Gasteiger partial charge on any atom is -0.378 e. The van der Waals surface area contributed by atoms with E-state index in [0.717, 1.165) is 38.8 Å². The molecule has 0 bridgehead atoms. The van der Waals surface area contributed by atoms with Crippen molar-refractivity contribution >= 4 is 11.9 Å². The molecule has 0 aromatic heterocycles. The number of urea groups is 1. The molecule has 22 heavy (non-hydrogen) atoms. The van der Waals surface area contributed by atoms with Crippen LogP contribution in [0.2, 0.25) is 0 Å². The Hall–Kier alpha value is -1.30. The molecule has 0 N–H and O–H groups in total. The number of likely N-dealkylation sites (tertiary alicyclic amines) is 2. The maximum atomic E-state index is 12.8. The SMILES string of the molecule is CC1CCN(C(=O)[C@@H]2CCCN2C(=O)N2CCOCC2)CC1. The van der Waals surface area contributed by atoms with Gasteiger partial charge in [-0.1, -0.05) is 6.92 Å². The van der Waals surface area contributed by atoms with Crippen LogP contribution in [0.3, 0.4) is 0 Å². The summed E-state index contributed by atoms with van der Waals surface area (Å²) in [7, 11) is 0. The highest BCUT2D eigenvalue weighted by Crippen LogP contribution is 2.24. The molecule has 0 saturated carbocycles. The molecule has 3 aliphatic heterocycles. The van der Waals surface area contributed by atoms with Gasteiger partial charge < -0.3 is 19.4 Å². The van der Waals surface area contributed by atoms with Crippen LogP contribution in [0.1, 0.15) is 32.6 Å². The number of piperidine rings is 1. The number of hydrogen-bond acceptors (Lipinski definition) is 3. The fraction of sp³-hybridized carbons (Fsp3) is 0.875. The Morgan fingerprint density at radius 1 is 0.909 bits per heavy atom. The van der Waals surface area contributed by atoms with Gasteiger partial charge in [0.2, 0.25) is 5.91 Å². The summed E-state index contributed by atoms with van der Waals surface area (Å²) in [4.78, 5) is 31.1. The summed E-state index contributed by atoms with van der Waals surface area (Å²) >= 11 is 0. The van der Waals surface area contributed by atoms with E-state index >= 15 is 0 Å². The van der Waals surface area contributed by atoms with Crippen LogP contribution in [0.4, 0.5) is 4.79 Å². The van der Waals surface area contributed by atoms with E-state index < -0.39 is 0 Å². The van der Waals surface area contributed by atoms with E-state index in [1.54, 1.807) is 4.90 Å². The Morgan fingerprint density at radius 2 is 1.59 bits per heavy atom. The maximum Gasteiger partial charge on any atom is 0.320 e. The first-order chi connectivity index (χ1) is 10.7. The summed E-state index contributed by atoms with van der Waals surface area (Å²) in [6.45, 7) is 7.11. The molecule has 6 heteroatoms. The van der Waals surface area contributed by atoms with Crippen LogP contribution in [-0.4, -0.2) is 78.6 Å².